The maximum Gasteiger partial charge on any atom is 0.306 e. The molecule has 0 spiro atoms. The molecular weight excluding hydrogens is 252 g/mol. The van der Waals surface area contributed by atoms with Crippen LogP contribution in [0.4, 0.5) is 0 Å². The SMILES string of the molecule is CC(C)CN1CCC(OC(=O)CCCNC(C)C)CC1. The van der Waals surface area contributed by atoms with Crippen LogP contribution in [0, 0.1) is 5.92 Å². The average Bonchev–Trinajstić information content (AvgIpc) is 2.36. The lowest BCUT2D eigenvalue weighted by atomic mass is 10.1. The molecule has 0 aromatic carbocycles. The number of nitrogens with zero attached hydrogens (tertiary/aromatic N) is 1. The van der Waals surface area contributed by atoms with Gasteiger partial charge in [-0.25, -0.2) is 0 Å². The van der Waals surface area contributed by atoms with Gasteiger partial charge in [0.2, 0.25) is 0 Å². The fourth-order valence-electron chi connectivity index (χ4n) is 2.59. The summed E-state index contributed by atoms with van der Waals surface area (Å²) in [6.07, 6.45) is 3.52. The normalized spacial score (nSPS) is 17.9. The predicted octanol–water partition coefficient (Wildman–Crippen LogP) is 2.43. The summed E-state index contributed by atoms with van der Waals surface area (Å²) in [5.41, 5.74) is 0. The van der Waals surface area contributed by atoms with Crippen LogP contribution >= 0.6 is 0 Å². The number of carbonyl (C=O) groups excluding carboxylic acids is 1. The van der Waals surface area contributed by atoms with Crippen LogP contribution in [0.25, 0.3) is 0 Å². The smallest absolute Gasteiger partial charge is 0.306 e. The summed E-state index contributed by atoms with van der Waals surface area (Å²) in [7, 11) is 0. The topological polar surface area (TPSA) is 41.6 Å². The van der Waals surface area contributed by atoms with Crippen LogP contribution in [0.15, 0.2) is 0 Å². The Morgan fingerprint density at radius 2 is 1.90 bits per heavy atom. The molecule has 1 N–H and O–H groups in total. The lowest BCUT2D eigenvalue weighted by molar-refractivity contribution is -0.151. The van der Waals surface area contributed by atoms with Gasteiger partial charge >= 0.3 is 5.97 Å². The van der Waals surface area contributed by atoms with Gasteiger partial charge in [0.05, 0.1) is 0 Å². The van der Waals surface area contributed by atoms with Gasteiger partial charge in [0, 0.05) is 32.1 Å². The van der Waals surface area contributed by atoms with Crippen molar-refractivity contribution < 1.29 is 9.53 Å². The first-order chi connectivity index (χ1) is 9.47. The minimum atomic E-state index is -0.0298. The Hall–Kier alpha value is -0.610. The molecule has 0 aliphatic carbocycles. The zero-order valence-electron chi connectivity index (χ0n) is 13.7. The number of rotatable bonds is 8. The molecular formula is C16H32N2O2. The summed E-state index contributed by atoms with van der Waals surface area (Å²) in [4.78, 5) is 14.2. The minimum absolute atomic E-state index is 0.0298. The highest BCUT2D eigenvalue weighted by Crippen LogP contribution is 2.15. The molecule has 0 aromatic heterocycles. The number of carbonyl (C=O) groups is 1. The van der Waals surface area contributed by atoms with E-state index in [0.29, 0.717) is 18.4 Å². The second-order valence-corrected chi connectivity index (χ2v) is 6.60. The lowest BCUT2D eigenvalue weighted by Gasteiger charge is -2.32. The van der Waals surface area contributed by atoms with Crippen LogP contribution in [0.5, 0.6) is 0 Å². The average molecular weight is 284 g/mol. The van der Waals surface area contributed by atoms with E-state index in [0.717, 1.165) is 45.4 Å². The third-order valence-corrected chi connectivity index (χ3v) is 3.57. The Morgan fingerprint density at radius 1 is 1.25 bits per heavy atom. The molecule has 0 amide bonds. The van der Waals surface area contributed by atoms with Crippen molar-refractivity contribution in [1.29, 1.82) is 0 Å². The number of esters is 1. The first-order valence-corrected chi connectivity index (χ1v) is 8.12. The Bertz CT molecular complexity index is 272. The lowest BCUT2D eigenvalue weighted by Crippen LogP contribution is -2.39. The first kappa shape index (κ1) is 17.4. The Balaban J connectivity index is 2.09. The van der Waals surface area contributed by atoms with E-state index in [2.05, 4.69) is 37.9 Å². The van der Waals surface area contributed by atoms with Crippen molar-refractivity contribution in [3.8, 4) is 0 Å². The van der Waals surface area contributed by atoms with E-state index < -0.39 is 0 Å². The van der Waals surface area contributed by atoms with Crippen molar-refractivity contribution in [2.24, 2.45) is 5.92 Å². The molecule has 0 saturated carbocycles. The molecule has 0 aromatic rings. The Morgan fingerprint density at radius 3 is 2.45 bits per heavy atom. The molecule has 0 unspecified atom stereocenters. The summed E-state index contributed by atoms with van der Waals surface area (Å²) < 4.78 is 5.56. The Labute approximate surface area is 124 Å². The predicted molar refractivity (Wildman–Crippen MR) is 82.8 cm³/mol. The third-order valence-electron chi connectivity index (χ3n) is 3.57. The van der Waals surface area contributed by atoms with Crippen molar-refractivity contribution in [3.05, 3.63) is 0 Å². The molecule has 0 radical (unpaired) electrons. The van der Waals surface area contributed by atoms with E-state index in [1.807, 2.05) is 0 Å². The fraction of sp³-hybridized carbons (Fsp3) is 0.938. The second kappa shape index (κ2) is 9.35. The summed E-state index contributed by atoms with van der Waals surface area (Å²) >= 11 is 0. The highest BCUT2D eigenvalue weighted by Gasteiger charge is 2.22. The van der Waals surface area contributed by atoms with E-state index in [-0.39, 0.29) is 12.1 Å². The van der Waals surface area contributed by atoms with Gasteiger partial charge in [-0.1, -0.05) is 27.7 Å². The van der Waals surface area contributed by atoms with Crippen molar-refractivity contribution in [1.82, 2.24) is 10.2 Å². The third kappa shape index (κ3) is 7.85. The fourth-order valence-corrected chi connectivity index (χ4v) is 2.59. The Kier molecular flexibility index (Phi) is 8.15. The molecule has 1 rings (SSSR count). The maximum atomic E-state index is 11.8. The molecule has 4 heteroatoms. The van der Waals surface area contributed by atoms with Gasteiger partial charge < -0.3 is 15.0 Å². The van der Waals surface area contributed by atoms with E-state index in [9.17, 15) is 4.79 Å². The van der Waals surface area contributed by atoms with Gasteiger partial charge in [-0.15, -0.1) is 0 Å². The van der Waals surface area contributed by atoms with E-state index in [1.165, 1.54) is 0 Å². The van der Waals surface area contributed by atoms with Crippen LogP contribution < -0.4 is 5.32 Å². The van der Waals surface area contributed by atoms with Crippen molar-refractivity contribution in [3.63, 3.8) is 0 Å². The van der Waals surface area contributed by atoms with Gasteiger partial charge in [0.25, 0.3) is 0 Å². The van der Waals surface area contributed by atoms with Crippen LogP contribution in [0.2, 0.25) is 0 Å². The molecule has 4 nitrogen and oxygen atoms in total. The molecule has 118 valence electrons. The number of likely N-dealkylation sites (tertiary alicyclic amines) is 1. The number of hydrogen-bond donors (Lipinski definition) is 1. The monoisotopic (exact) mass is 284 g/mol. The largest absolute Gasteiger partial charge is 0.462 e. The van der Waals surface area contributed by atoms with E-state index in [1.54, 1.807) is 0 Å². The summed E-state index contributed by atoms with van der Waals surface area (Å²) in [5.74, 6) is 0.681. The highest BCUT2D eigenvalue weighted by molar-refractivity contribution is 5.69. The van der Waals surface area contributed by atoms with Crippen LogP contribution in [0.3, 0.4) is 0 Å². The zero-order valence-corrected chi connectivity index (χ0v) is 13.7. The minimum Gasteiger partial charge on any atom is -0.462 e. The molecule has 1 fully saturated rings. The molecule has 1 aliphatic rings. The molecule has 1 aliphatic heterocycles. The summed E-state index contributed by atoms with van der Waals surface area (Å²) in [6.45, 7) is 12.9. The molecule has 1 heterocycles. The van der Waals surface area contributed by atoms with Crippen molar-refractivity contribution in [2.45, 2.75) is 65.5 Å². The van der Waals surface area contributed by atoms with Gasteiger partial charge in [0.1, 0.15) is 6.10 Å². The standard InChI is InChI=1S/C16H32N2O2/c1-13(2)12-18-10-7-15(8-11-18)20-16(19)6-5-9-17-14(3)4/h13-15,17H,5-12H2,1-4H3. The zero-order chi connectivity index (χ0) is 15.0. The molecule has 1 saturated heterocycles. The number of hydrogen-bond acceptors (Lipinski definition) is 4. The first-order valence-electron chi connectivity index (χ1n) is 8.12. The number of piperidine rings is 1. The van der Waals surface area contributed by atoms with Gasteiger partial charge in [-0.05, 0) is 31.7 Å². The molecule has 20 heavy (non-hydrogen) atoms. The van der Waals surface area contributed by atoms with Gasteiger partial charge in [-0.3, -0.25) is 4.79 Å². The van der Waals surface area contributed by atoms with Gasteiger partial charge in [-0.2, -0.15) is 0 Å². The van der Waals surface area contributed by atoms with Gasteiger partial charge in [0.15, 0.2) is 0 Å². The van der Waals surface area contributed by atoms with E-state index >= 15 is 0 Å². The van der Waals surface area contributed by atoms with Crippen LogP contribution in [0.1, 0.15) is 53.4 Å². The van der Waals surface area contributed by atoms with Crippen LogP contribution in [-0.2, 0) is 9.53 Å². The number of ether oxygens (including phenoxy) is 1. The highest BCUT2D eigenvalue weighted by atomic mass is 16.5. The van der Waals surface area contributed by atoms with Crippen molar-refractivity contribution in [2.75, 3.05) is 26.2 Å². The number of nitrogens with one attached hydrogen (secondary N) is 1. The molecule has 0 bridgehead atoms. The quantitative estimate of drug-likeness (QED) is 0.549. The molecule has 0 atom stereocenters. The summed E-state index contributed by atoms with van der Waals surface area (Å²) in [6, 6.07) is 0.483. The van der Waals surface area contributed by atoms with Crippen molar-refractivity contribution >= 4 is 5.97 Å². The summed E-state index contributed by atoms with van der Waals surface area (Å²) in [5, 5.41) is 3.31. The second-order valence-electron chi connectivity index (χ2n) is 6.60. The van der Waals surface area contributed by atoms with Crippen LogP contribution in [-0.4, -0.2) is 49.2 Å². The maximum absolute atomic E-state index is 11.8. The van der Waals surface area contributed by atoms with E-state index in [4.69, 9.17) is 4.74 Å².